The van der Waals surface area contributed by atoms with Gasteiger partial charge in [0.15, 0.2) is 20.0 Å². The topological polar surface area (TPSA) is 96.5 Å². The molecule has 6 nitrogen and oxygen atoms in total. The fraction of sp³-hybridized carbons (Fsp3) is 1.00. The molecule has 0 bridgehead atoms. The summed E-state index contributed by atoms with van der Waals surface area (Å²) in [6, 6.07) is 0. The van der Waals surface area contributed by atoms with Crippen molar-refractivity contribution in [1.29, 1.82) is 0 Å². The van der Waals surface area contributed by atoms with Crippen LogP contribution < -0.4 is 4.17 Å². The van der Waals surface area contributed by atoms with E-state index in [0.717, 1.165) is 4.13 Å². The quantitative estimate of drug-likeness (QED) is 0.0262. The Labute approximate surface area is 557 Å². The van der Waals surface area contributed by atoms with E-state index in [4.69, 9.17) is 4.17 Å². The Kier molecular flexibility index (Phi) is 65.2. The van der Waals surface area contributed by atoms with Crippen molar-refractivity contribution in [2.45, 2.75) is 438 Å². The lowest BCUT2D eigenvalue weighted by Gasteiger charge is -2.22. The van der Waals surface area contributed by atoms with Crippen LogP contribution in [0.5, 0.6) is 0 Å². The molecule has 0 aliphatic rings. The van der Waals surface area contributed by atoms with Crippen molar-refractivity contribution in [3.8, 4) is 0 Å². The highest BCUT2D eigenvalue weighted by Gasteiger charge is 2.47. The fourth-order valence-electron chi connectivity index (χ4n) is 12.9. The van der Waals surface area contributed by atoms with Gasteiger partial charge in [0.05, 0.1) is 0 Å². The van der Waals surface area contributed by atoms with E-state index in [1.807, 2.05) is 0 Å². The Hall–Kier alpha value is 0.0100. The van der Waals surface area contributed by atoms with E-state index in [1.165, 1.54) is 422 Å². The van der Waals surface area contributed by atoms with Crippen molar-refractivity contribution in [3.05, 3.63) is 4.13 Å². The summed E-state index contributed by atoms with van der Waals surface area (Å²) in [6.07, 6.45) is 97.2. The Bertz CT molecular complexity index is 1620. The zero-order chi connectivity index (χ0) is 67.1. The molecule has 0 aromatic heterocycles. The van der Waals surface area contributed by atoms with Crippen molar-refractivity contribution in [1.82, 2.24) is 4.17 Å². The van der Waals surface area contributed by atoms with Crippen molar-refractivity contribution in [2.75, 3.05) is 37.0 Å². The van der Waals surface area contributed by atoms with Gasteiger partial charge in [0, 0.05) is 37.0 Å². The third-order valence-electron chi connectivity index (χ3n) is 18.7. The summed E-state index contributed by atoms with van der Waals surface area (Å²) < 4.78 is 116. The Morgan fingerprint density at radius 2 is 0.333 bits per heavy atom. The summed E-state index contributed by atoms with van der Waals surface area (Å²) in [6.45, 7) is 14.2. The number of rotatable bonds is 68. The molecule has 0 aliphatic heterocycles. The molecule has 0 aromatic rings. The molecule has 16 heteroatoms. The van der Waals surface area contributed by atoms with Gasteiger partial charge in [-0.1, -0.05) is 388 Å². The number of nitrogens with zero attached hydrogens (tertiary/aromatic N) is 2. The lowest BCUT2D eigenvalue weighted by molar-refractivity contribution is -0.0444. The van der Waals surface area contributed by atoms with Gasteiger partial charge in [0.1, 0.15) is 0 Å². The van der Waals surface area contributed by atoms with Crippen LogP contribution in [0.15, 0.2) is 0 Å². The summed E-state index contributed by atoms with van der Waals surface area (Å²) >= 11 is 0. The second kappa shape index (κ2) is 63.7. The number of sulfonamides is 2. The van der Waals surface area contributed by atoms with Gasteiger partial charge >= 0.3 is 11.0 Å². The van der Waals surface area contributed by atoms with Crippen LogP contribution in [0.25, 0.3) is 4.13 Å². The molecule has 90 heavy (non-hydrogen) atoms. The highest BCUT2D eigenvalue weighted by Crippen LogP contribution is 2.56. The van der Waals surface area contributed by atoms with Gasteiger partial charge in [-0.2, -0.15) is 30.5 Å². The van der Waals surface area contributed by atoms with Crippen LogP contribution in [0.3, 0.4) is 0 Å². The minimum Gasteiger partial charge on any atom is -0.421 e. The molecular formula is C74H150F6N2O4P2S2. The maximum atomic E-state index is 11.4. The molecular weight excluding hydrogens is 1220 g/mol. The van der Waals surface area contributed by atoms with Gasteiger partial charge in [-0.3, -0.25) is 0 Å². The van der Waals surface area contributed by atoms with Crippen LogP contribution >= 0.6 is 14.1 Å². The number of hydrogen-bond donors (Lipinski definition) is 0. The van der Waals surface area contributed by atoms with Crippen LogP contribution in [-0.4, -0.2) is 64.8 Å². The fourth-order valence-corrected chi connectivity index (χ4v) is 26.2. The first kappa shape index (κ1) is 92.1. The predicted octanol–water partition coefficient (Wildman–Crippen LogP) is 29.0. The average molecular weight is 1370 g/mol. The van der Waals surface area contributed by atoms with E-state index < -0.39 is 45.2 Å². The van der Waals surface area contributed by atoms with Gasteiger partial charge in [-0.05, 0) is 38.5 Å². The highest BCUT2D eigenvalue weighted by atomic mass is 32.3. The van der Waals surface area contributed by atoms with Gasteiger partial charge in [0.2, 0.25) is 14.1 Å². The molecule has 0 atom stereocenters. The monoisotopic (exact) mass is 1370 g/mol. The van der Waals surface area contributed by atoms with E-state index >= 15 is 0 Å². The SMILES string of the molecule is CCCCCCCCCCCCP(CCCCCCCCCCCC)(CCCCCCCCCCCC)=[N+]=P(CCCCCCCCCCCC)(CCCCCCCCCCCC)CCCCCCCCCCCC.O=S(=O)([N-]S(=O)(=O)C(F)(F)F)C(F)(F)F. The van der Waals surface area contributed by atoms with Gasteiger partial charge in [-0.25, -0.2) is 16.8 Å². The third-order valence-corrected chi connectivity index (χ3v) is 31.4. The second-order valence-electron chi connectivity index (χ2n) is 27.6. The van der Waals surface area contributed by atoms with Crippen molar-refractivity contribution < 1.29 is 43.2 Å². The van der Waals surface area contributed by atoms with Crippen LogP contribution in [0.4, 0.5) is 26.3 Å². The molecule has 0 saturated heterocycles. The summed E-state index contributed by atoms with van der Waals surface area (Å²) in [7, 11) is -16.3. The first-order valence-electron chi connectivity index (χ1n) is 39.1. The molecule has 0 amide bonds. The maximum absolute atomic E-state index is 11.4. The molecule has 0 N–H and O–H groups in total. The minimum atomic E-state index is -6.72. The molecule has 0 aromatic carbocycles. The maximum Gasteiger partial charge on any atom is 0.480 e. The molecule has 0 unspecified atom stereocenters. The average Bonchev–Trinajstić information content (AvgIpc) is 1.02. The number of unbranched alkanes of at least 4 members (excludes halogenated alkanes) is 54. The van der Waals surface area contributed by atoms with Crippen LogP contribution in [-0.2, 0) is 20.0 Å². The molecule has 544 valence electrons. The molecule has 0 heterocycles. The van der Waals surface area contributed by atoms with Crippen LogP contribution in [0.2, 0.25) is 0 Å². The van der Waals surface area contributed by atoms with Crippen molar-refractivity contribution >= 4 is 34.2 Å². The molecule has 0 saturated carbocycles. The minimum absolute atomic E-state index is 0.778. The van der Waals surface area contributed by atoms with E-state index in [-0.39, 0.29) is 0 Å². The van der Waals surface area contributed by atoms with Crippen molar-refractivity contribution in [2.24, 2.45) is 0 Å². The summed E-state index contributed by atoms with van der Waals surface area (Å²) in [5, 5.41) is 0. The molecule has 0 aliphatic carbocycles. The molecule has 0 fully saturated rings. The van der Waals surface area contributed by atoms with Gasteiger partial charge in [0.25, 0.3) is 0 Å². The lowest BCUT2D eigenvalue weighted by Crippen LogP contribution is -2.30. The number of halogens is 6. The van der Waals surface area contributed by atoms with E-state index in [2.05, 4.69) is 41.5 Å². The Morgan fingerprint density at radius 3 is 0.444 bits per heavy atom. The van der Waals surface area contributed by atoms with Crippen molar-refractivity contribution in [3.63, 3.8) is 0 Å². The molecule has 0 spiro atoms. The number of alkyl halides is 6. The van der Waals surface area contributed by atoms with Crippen LogP contribution in [0, 0.1) is 0 Å². The third kappa shape index (κ3) is 57.1. The largest absolute Gasteiger partial charge is 0.480 e. The standard InChI is InChI=1S/C72H150NP2.C2F6NO4S2/c1-7-13-19-25-31-37-43-49-55-61-67-74(68-62-56-50-44-38-32-26-20-14-8-2,69-63-57-51-45-39-33-27-21-15-9-3)73-75(70-64-58-52-46-40-34-28-22-16-10-4,71-65-59-53-47-41-35-29-23-17-11-5)72-66-60-54-48-42-36-30-24-18-12-6;3-1(4,5)14(10,11)9-15(12,13)2(6,7)8/h7-72H2,1-6H3;/q+1;-1. The summed E-state index contributed by atoms with van der Waals surface area (Å²) in [4.78, 5) is 0. The van der Waals surface area contributed by atoms with E-state index in [9.17, 15) is 43.2 Å². The lowest BCUT2D eigenvalue weighted by atomic mass is 10.1. The van der Waals surface area contributed by atoms with E-state index in [1.54, 1.807) is 0 Å². The van der Waals surface area contributed by atoms with E-state index in [0.29, 0.717) is 0 Å². The normalized spacial score (nSPS) is 12.7. The second-order valence-corrected chi connectivity index (χ2v) is 38.8. The zero-order valence-corrected chi connectivity index (χ0v) is 63.6. The van der Waals surface area contributed by atoms with Gasteiger partial charge in [-0.15, -0.1) is 0 Å². The molecule has 0 rings (SSSR count). The van der Waals surface area contributed by atoms with Crippen LogP contribution in [0.1, 0.15) is 427 Å². The number of hydrogen-bond acceptors (Lipinski definition) is 4. The summed E-state index contributed by atoms with van der Waals surface area (Å²) in [5.74, 6) is 0. The highest BCUT2D eigenvalue weighted by molar-refractivity contribution is 8.13. The predicted molar refractivity (Wildman–Crippen MR) is 390 cm³/mol. The Balaban J connectivity index is 0. The first-order chi connectivity index (χ1) is 43.3. The first-order valence-corrected chi connectivity index (χ1v) is 46.6. The zero-order valence-electron chi connectivity index (χ0n) is 60.2. The van der Waals surface area contributed by atoms with Gasteiger partial charge < -0.3 is 4.13 Å². The Morgan fingerprint density at radius 1 is 0.222 bits per heavy atom. The smallest absolute Gasteiger partial charge is 0.421 e. The summed E-state index contributed by atoms with van der Waals surface area (Å²) in [5.41, 5.74) is -12.4. The molecule has 0 radical (unpaired) electrons.